The molecule has 0 aliphatic carbocycles. The van der Waals surface area contributed by atoms with Gasteiger partial charge in [0.1, 0.15) is 0 Å². The lowest BCUT2D eigenvalue weighted by Gasteiger charge is -2.31. The molecular formula is C6H14N2O. The standard InChI is InChI=1S/C6H14N2O/c1-8-3-2-6(9)5(7)4-8/h5-6,9H,2-4,7H2,1H3. The van der Waals surface area contributed by atoms with Gasteiger partial charge in [-0.3, -0.25) is 0 Å². The first-order valence-electron chi connectivity index (χ1n) is 3.32. The van der Waals surface area contributed by atoms with Crippen LogP contribution in [0.2, 0.25) is 0 Å². The minimum Gasteiger partial charge on any atom is -0.391 e. The highest BCUT2D eigenvalue weighted by atomic mass is 16.3. The van der Waals surface area contributed by atoms with Crippen molar-refractivity contribution in [2.24, 2.45) is 5.73 Å². The second-order valence-corrected chi connectivity index (χ2v) is 2.78. The van der Waals surface area contributed by atoms with Gasteiger partial charge in [-0.1, -0.05) is 0 Å². The summed E-state index contributed by atoms with van der Waals surface area (Å²) in [6.07, 6.45) is 0.540. The van der Waals surface area contributed by atoms with Gasteiger partial charge in [-0.15, -0.1) is 0 Å². The molecule has 0 bridgehead atoms. The molecular weight excluding hydrogens is 116 g/mol. The number of rotatable bonds is 0. The molecule has 0 aromatic carbocycles. The molecule has 2 atom stereocenters. The van der Waals surface area contributed by atoms with E-state index >= 15 is 0 Å². The smallest absolute Gasteiger partial charge is 0.0715 e. The van der Waals surface area contributed by atoms with E-state index in [1.54, 1.807) is 0 Å². The van der Waals surface area contributed by atoms with Crippen LogP contribution in [-0.4, -0.2) is 42.3 Å². The second kappa shape index (κ2) is 2.64. The molecule has 9 heavy (non-hydrogen) atoms. The van der Waals surface area contributed by atoms with Gasteiger partial charge in [0.25, 0.3) is 0 Å². The molecule has 0 amide bonds. The molecule has 0 aromatic heterocycles. The zero-order chi connectivity index (χ0) is 6.85. The van der Waals surface area contributed by atoms with E-state index in [1.807, 2.05) is 7.05 Å². The second-order valence-electron chi connectivity index (χ2n) is 2.78. The predicted octanol–water partition coefficient (Wildman–Crippen LogP) is -0.990. The van der Waals surface area contributed by atoms with Crippen LogP contribution in [0.15, 0.2) is 0 Å². The lowest BCUT2D eigenvalue weighted by Crippen LogP contribution is -2.49. The maximum atomic E-state index is 9.14. The molecule has 1 heterocycles. The van der Waals surface area contributed by atoms with E-state index < -0.39 is 0 Å². The number of piperidine rings is 1. The van der Waals surface area contributed by atoms with Crippen molar-refractivity contribution in [1.29, 1.82) is 0 Å². The highest BCUT2D eigenvalue weighted by Crippen LogP contribution is 2.05. The monoisotopic (exact) mass is 130 g/mol. The Morgan fingerprint density at radius 2 is 2.33 bits per heavy atom. The van der Waals surface area contributed by atoms with Gasteiger partial charge in [-0.25, -0.2) is 0 Å². The fourth-order valence-corrected chi connectivity index (χ4v) is 1.14. The molecule has 54 valence electrons. The maximum absolute atomic E-state index is 9.14. The molecule has 0 radical (unpaired) electrons. The minimum absolute atomic E-state index is 0.0382. The van der Waals surface area contributed by atoms with Crippen molar-refractivity contribution < 1.29 is 5.11 Å². The SMILES string of the molecule is CN1CCC(O)C(N)C1. The van der Waals surface area contributed by atoms with Crippen molar-refractivity contribution in [2.45, 2.75) is 18.6 Å². The number of nitrogens with zero attached hydrogens (tertiary/aromatic N) is 1. The third kappa shape index (κ3) is 1.64. The van der Waals surface area contributed by atoms with Gasteiger partial charge in [-0.05, 0) is 13.5 Å². The van der Waals surface area contributed by atoms with Gasteiger partial charge in [0, 0.05) is 19.1 Å². The van der Waals surface area contributed by atoms with E-state index in [0.29, 0.717) is 0 Å². The summed E-state index contributed by atoms with van der Waals surface area (Å²) in [5, 5.41) is 9.14. The first-order valence-corrected chi connectivity index (χ1v) is 3.32. The van der Waals surface area contributed by atoms with E-state index in [1.165, 1.54) is 0 Å². The molecule has 3 heteroatoms. The van der Waals surface area contributed by atoms with Gasteiger partial charge in [-0.2, -0.15) is 0 Å². The summed E-state index contributed by atoms with van der Waals surface area (Å²) in [7, 11) is 2.02. The summed E-state index contributed by atoms with van der Waals surface area (Å²) >= 11 is 0. The van der Waals surface area contributed by atoms with Crippen molar-refractivity contribution in [2.75, 3.05) is 20.1 Å². The quantitative estimate of drug-likeness (QED) is 0.442. The Balaban J connectivity index is 2.35. The maximum Gasteiger partial charge on any atom is 0.0715 e. The number of likely N-dealkylation sites (tertiary alicyclic amines) is 1. The van der Waals surface area contributed by atoms with Crippen LogP contribution in [0, 0.1) is 0 Å². The number of hydrogen-bond acceptors (Lipinski definition) is 3. The molecule has 0 spiro atoms. The average molecular weight is 130 g/mol. The number of aliphatic hydroxyl groups is 1. The van der Waals surface area contributed by atoms with Crippen LogP contribution < -0.4 is 5.73 Å². The summed E-state index contributed by atoms with van der Waals surface area (Å²) in [6.45, 7) is 1.79. The Morgan fingerprint density at radius 1 is 1.67 bits per heavy atom. The van der Waals surface area contributed by atoms with Crippen molar-refractivity contribution in [3.63, 3.8) is 0 Å². The Morgan fingerprint density at radius 3 is 2.78 bits per heavy atom. The van der Waals surface area contributed by atoms with Crippen molar-refractivity contribution >= 4 is 0 Å². The van der Waals surface area contributed by atoms with Crippen LogP contribution in [0.3, 0.4) is 0 Å². The van der Waals surface area contributed by atoms with Gasteiger partial charge in [0.05, 0.1) is 6.10 Å². The minimum atomic E-state index is -0.277. The van der Waals surface area contributed by atoms with Gasteiger partial charge < -0.3 is 15.7 Å². The zero-order valence-corrected chi connectivity index (χ0v) is 5.75. The third-order valence-electron chi connectivity index (χ3n) is 1.82. The fourth-order valence-electron chi connectivity index (χ4n) is 1.14. The fraction of sp³-hybridized carbons (Fsp3) is 1.00. The highest BCUT2D eigenvalue weighted by Gasteiger charge is 2.21. The van der Waals surface area contributed by atoms with E-state index in [9.17, 15) is 0 Å². The number of hydrogen-bond donors (Lipinski definition) is 2. The molecule has 1 fully saturated rings. The first-order chi connectivity index (χ1) is 4.20. The zero-order valence-electron chi connectivity index (χ0n) is 5.75. The van der Waals surface area contributed by atoms with Crippen molar-refractivity contribution in [3.8, 4) is 0 Å². The van der Waals surface area contributed by atoms with Crippen LogP contribution in [0.5, 0.6) is 0 Å². The van der Waals surface area contributed by atoms with Crippen LogP contribution in [-0.2, 0) is 0 Å². The third-order valence-corrected chi connectivity index (χ3v) is 1.82. The number of likely N-dealkylation sites (N-methyl/N-ethyl adjacent to an activating group) is 1. The average Bonchev–Trinajstić information content (AvgIpc) is 1.80. The Kier molecular flexibility index (Phi) is 2.05. The van der Waals surface area contributed by atoms with Crippen LogP contribution >= 0.6 is 0 Å². The van der Waals surface area contributed by atoms with Crippen LogP contribution in [0.25, 0.3) is 0 Å². The van der Waals surface area contributed by atoms with Gasteiger partial charge in [0.15, 0.2) is 0 Å². The molecule has 2 unspecified atom stereocenters. The number of nitrogens with two attached hydrogens (primary N) is 1. The molecule has 1 saturated heterocycles. The Hall–Kier alpha value is -0.120. The topological polar surface area (TPSA) is 49.5 Å². The summed E-state index contributed by atoms with van der Waals surface area (Å²) in [5.74, 6) is 0. The van der Waals surface area contributed by atoms with Crippen molar-refractivity contribution in [1.82, 2.24) is 4.90 Å². The first kappa shape index (κ1) is 6.99. The summed E-state index contributed by atoms with van der Waals surface area (Å²) in [6, 6.07) is -0.0382. The van der Waals surface area contributed by atoms with E-state index in [4.69, 9.17) is 10.8 Å². The van der Waals surface area contributed by atoms with E-state index in [0.717, 1.165) is 19.5 Å². The summed E-state index contributed by atoms with van der Waals surface area (Å²) in [5.41, 5.74) is 5.58. The molecule has 1 aliphatic heterocycles. The predicted molar refractivity (Wildman–Crippen MR) is 36.1 cm³/mol. The highest BCUT2D eigenvalue weighted by molar-refractivity contribution is 4.80. The van der Waals surface area contributed by atoms with Crippen LogP contribution in [0.1, 0.15) is 6.42 Å². The van der Waals surface area contributed by atoms with Gasteiger partial charge in [0.2, 0.25) is 0 Å². The molecule has 0 saturated carbocycles. The molecule has 1 aliphatic rings. The lowest BCUT2D eigenvalue weighted by molar-refractivity contribution is 0.0734. The van der Waals surface area contributed by atoms with Crippen LogP contribution in [0.4, 0.5) is 0 Å². The molecule has 3 nitrogen and oxygen atoms in total. The lowest BCUT2D eigenvalue weighted by atomic mass is 10.0. The Labute approximate surface area is 55.5 Å². The summed E-state index contributed by atoms with van der Waals surface area (Å²) < 4.78 is 0. The largest absolute Gasteiger partial charge is 0.391 e. The Bertz CT molecular complexity index is 97.1. The van der Waals surface area contributed by atoms with E-state index in [-0.39, 0.29) is 12.1 Å². The molecule has 3 N–H and O–H groups in total. The number of aliphatic hydroxyl groups excluding tert-OH is 1. The normalized spacial score (nSPS) is 39.0. The van der Waals surface area contributed by atoms with Crippen molar-refractivity contribution in [3.05, 3.63) is 0 Å². The van der Waals surface area contributed by atoms with E-state index in [2.05, 4.69) is 4.90 Å². The van der Waals surface area contributed by atoms with Gasteiger partial charge >= 0.3 is 0 Å². The molecule has 0 aromatic rings. The molecule has 1 rings (SSSR count). The summed E-state index contributed by atoms with van der Waals surface area (Å²) in [4.78, 5) is 2.14.